The number of carbonyl (C=O) groups is 1. The number of hydrogen-bond acceptors (Lipinski definition) is 4. The van der Waals surface area contributed by atoms with Gasteiger partial charge in [-0.3, -0.25) is 4.79 Å². The highest BCUT2D eigenvalue weighted by atomic mass is 32.2. The van der Waals surface area contributed by atoms with Gasteiger partial charge in [0, 0.05) is 33.1 Å². The van der Waals surface area contributed by atoms with Crippen LogP contribution in [0.5, 0.6) is 0 Å². The Hall–Kier alpha value is -2.28. The number of hydrogen-bond donors (Lipinski definition) is 1. The van der Waals surface area contributed by atoms with Crippen LogP contribution in [0, 0.1) is 12.9 Å². The van der Waals surface area contributed by atoms with Crippen molar-refractivity contribution in [2.24, 2.45) is 4.36 Å². The zero-order valence-electron chi connectivity index (χ0n) is 14.0. The lowest BCUT2D eigenvalue weighted by Crippen LogP contribution is -2.14. The Morgan fingerprint density at radius 1 is 1.32 bits per heavy atom. The Morgan fingerprint density at radius 3 is 2.80 bits per heavy atom. The predicted octanol–water partition coefficient (Wildman–Crippen LogP) is 3.54. The van der Waals surface area contributed by atoms with Gasteiger partial charge >= 0.3 is 0 Å². The molecule has 0 atom stereocenters. The molecule has 25 heavy (non-hydrogen) atoms. The summed E-state index contributed by atoms with van der Waals surface area (Å²) in [5.74, 6) is 0.403. The van der Waals surface area contributed by atoms with E-state index in [4.69, 9.17) is 0 Å². The molecule has 1 amide bonds. The number of nitrogens with zero attached hydrogens (tertiary/aromatic N) is 2. The van der Waals surface area contributed by atoms with Crippen molar-refractivity contribution < 1.29 is 13.4 Å². The lowest BCUT2D eigenvalue weighted by atomic mass is 10.1. The first-order valence-corrected chi connectivity index (χ1v) is 10.0. The molecular formula is C18H20FN3O2S. The summed E-state index contributed by atoms with van der Waals surface area (Å²) in [5, 5.41) is 2.78. The number of nitrogens with one attached hydrogen (secondary N) is 1. The summed E-state index contributed by atoms with van der Waals surface area (Å²) in [6, 6.07) is 8.51. The van der Waals surface area contributed by atoms with E-state index in [1.54, 1.807) is 13.0 Å². The first kappa shape index (κ1) is 17.5. The third-order valence-electron chi connectivity index (χ3n) is 4.17. The minimum atomic E-state index is -2.05. The van der Waals surface area contributed by atoms with Crippen LogP contribution in [-0.2, 0) is 16.3 Å². The van der Waals surface area contributed by atoms with Gasteiger partial charge in [0.05, 0.1) is 12.1 Å². The van der Waals surface area contributed by atoms with E-state index >= 15 is 0 Å². The predicted molar refractivity (Wildman–Crippen MR) is 96.6 cm³/mol. The highest BCUT2D eigenvalue weighted by Gasteiger charge is 2.16. The first-order chi connectivity index (χ1) is 12.0. The van der Waals surface area contributed by atoms with Crippen LogP contribution < -0.4 is 5.32 Å². The number of carbonyl (C=O) groups excluding carboxylic acids is 1. The lowest BCUT2D eigenvalue weighted by molar-refractivity contribution is 0.102. The first-order valence-electron chi connectivity index (χ1n) is 8.16. The molecule has 0 radical (unpaired) electrons. The van der Waals surface area contributed by atoms with Gasteiger partial charge in [-0.15, -0.1) is 0 Å². The molecule has 1 aliphatic rings. The topological polar surface area (TPSA) is 71.4 Å². The molecule has 1 aliphatic heterocycles. The largest absolute Gasteiger partial charge is 0.322 e. The second-order valence-electron chi connectivity index (χ2n) is 6.15. The molecule has 1 saturated heterocycles. The molecule has 1 fully saturated rings. The number of rotatable bonds is 4. The molecular weight excluding hydrogens is 341 g/mol. The normalized spacial score (nSPS) is 15.8. The number of amides is 1. The Kier molecular flexibility index (Phi) is 5.13. The number of aryl methyl sites for hydroxylation is 1. The summed E-state index contributed by atoms with van der Waals surface area (Å²) < 4.78 is 29.8. The van der Waals surface area contributed by atoms with Crippen molar-refractivity contribution in [3.05, 3.63) is 59.2 Å². The SMILES string of the molecule is Cc1cc(F)ncc1C(=O)Nc1cccc(CN=S2(=O)CCCC2)c1. The number of aromatic nitrogens is 1. The highest BCUT2D eigenvalue weighted by Crippen LogP contribution is 2.18. The van der Waals surface area contributed by atoms with Gasteiger partial charge in [-0.25, -0.2) is 13.6 Å². The fourth-order valence-corrected chi connectivity index (χ4v) is 4.94. The number of anilines is 1. The van der Waals surface area contributed by atoms with E-state index in [0.717, 1.165) is 18.4 Å². The lowest BCUT2D eigenvalue weighted by Gasteiger charge is -2.09. The average molecular weight is 361 g/mol. The van der Waals surface area contributed by atoms with Crippen molar-refractivity contribution in [3.8, 4) is 0 Å². The maximum Gasteiger partial charge on any atom is 0.257 e. The summed E-state index contributed by atoms with van der Waals surface area (Å²) in [5.41, 5.74) is 2.35. The Labute approximate surface area is 146 Å². The van der Waals surface area contributed by atoms with Crippen LogP contribution in [0.4, 0.5) is 10.1 Å². The zero-order valence-corrected chi connectivity index (χ0v) is 14.8. The fraction of sp³-hybridized carbons (Fsp3) is 0.333. The van der Waals surface area contributed by atoms with Crippen LogP contribution >= 0.6 is 0 Å². The van der Waals surface area contributed by atoms with Gasteiger partial charge in [0.2, 0.25) is 5.95 Å². The fourth-order valence-electron chi connectivity index (χ4n) is 2.78. The van der Waals surface area contributed by atoms with Crippen molar-refractivity contribution in [3.63, 3.8) is 0 Å². The van der Waals surface area contributed by atoms with E-state index in [2.05, 4.69) is 14.7 Å². The molecule has 2 aromatic rings. The quantitative estimate of drug-likeness (QED) is 0.847. The van der Waals surface area contributed by atoms with Gasteiger partial charge in [0.1, 0.15) is 0 Å². The van der Waals surface area contributed by atoms with Crippen LogP contribution in [0.25, 0.3) is 0 Å². The second-order valence-corrected chi connectivity index (χ2v) is 8.77. The van der Waals surface area contributed by atoms with Crippen molar-refractivity contribution in [1.82, 2.24) is 4.98 Å². The van der Waals surface area contributed by atoms with E-state index in [9.17, 15) is 13.4 Å². The van der Waals surface area contributed by atoms with Crippen LogP contribution in [-0.4, -0.2) is 26.6 Å². The molecule has 2 heterocycles. The van der Waals surface area contributed by atoms with E-state index in [1.807, 2.05) is 18.2 Å². The number of benzene rings is 1. The second kappa shape index (κ2) is 7.31. The van der Waals surface area contributed by atoms with Crippen molar-refractivity contribution >= 4 is 21.3 Å². The molecule has 3 rings (SSSR count). The summed E-state index contributed by atoms with van der Waals surface area (Å²) in [7, 11) is -2.05. The molecule has 132 valence electrons. The summed E-state index contributed by atoms with van der Waals surface area (Å²) in [6.07, 6.45) is 3.18. The highest BCUT2D eigenvalue weighted by molar-refractivity contribution is 7.93. The van der Waals surface area contributed by atoms with Crippen LogP contribution in [0.2, 0.25) is 0 Å². The molecule has 1 aromatic heterocycles. The molecule has 0 bridgehead atoms. The maximum atomic E-state index is 13.1. The smallest absolute Gasteiger partial charge is 0.257 e. The number of pyridine rings is 1. The molecule has 0 saturated carbocycles. The molecule has 0 spiro atoms. The van der Waals surface area contributed by atoms with Crippen molar-refractivity contribution in [2.75, 3.05) is 16.8 Å². The van der Waals surface area contributed by atoms with Crippen LogP contribution in [0.15, 0.2) is 40.9 Å². The summed E-state index contributed by atoms with van der Waals surface area (Å²) in [6.45, 7) is 2.03. The van der Waals surface area contributed by atoms with Crippen LogP contribution in [0.1, 0.15) is 34.3 Å². The monoisotopic (exact) mass is 361 g/mol. The van der Waals surface area contributed by atoms with E-state index in [0.29, 0.717) is 34.9 Å². The van der Waals surface area contributed by atoms with E-state index in [1.165, 1.54) is 12.3 Å². The van der Waals surface area contributed by atoms with Gasteiger partial charge in [0.25, 0.3) is 5.91 Å². The molecule has 1 N–H and O–H groups in total. The average Bonchev–Trinajstić information content (AvgIpc) is 3.00. The van der Waals surface area contributed by atoms with Gasteiger partial charge in [0.15, 0.2) is 0 Å². The van der Waals surface area contributed by atoms with Crippen LogP contribution in [0.3, 0.4) is 0 Å². The molecule has 5 nitrogen and oxygen atoms in total. The Balaban J connectivity index is 1.73. The summed E-state index contributed by atoms with van der Waals surface area (Å²) >= 11 is 0. The molecule has 0 unspecified atom stereocenters. The van der Waals surface area contributed by atoms with E-state index < -0.39 is 15.7 Å². The van der Waals surface area contributed by atoms with Gasteiger partial charge in [-0.2, -0.15) is 4.39 Å². The van der Waals surface area contributed by atoms with Gasteiger partial charge in [-0.1, -0.05) is 12.1 Å². The third-order valence-corrected chi connectivity index (χ3v) is 6.62. The van der Waals surface area contributed by atoms with Crippen molar-refractivity contribution in [1.29, 1.82) is 0 Å². The Morgan fingerprint density at radius 2 is 2.08 bits per heavy atom. The molecule has 0 aliphatic carbocycles. The third kappa shape index (κ3) is 4.42. The molecule has 1 aromatic carbocycles. The minimum Gasteiger partial charge on any atom is -0.322 e. The molecule has 7 heteroatoms. The van der Waals surface area contributed by atoms with Gasteiger partial charge in [-0.05, 0) is 49.1 Å². The maximum absolute atomic E-state index is 13.1. The van der Waals surface area contributed by atoms with Crippen molar-refractivity contribution in [2.45, 2.75) is 26.3 Å². The van der Waals surface area contributed by atoms with E-state index in [-0.39, 0.29) is 5.91 Å². The van der Waals surface area contributed by atoms with Gasteiger partial charge < -0.3 is 5.32 Å². The number of halogens is 1. The standard InChI is InChI=1S/C18H20FN3O2S/c1-13-9-17(19)20-12-16(13)18(23)22-15-6-4-5-14(10-15)11-21-25(24)7-2-3-8-25/h4-6,9-10,12H,2-3,7-8,11H2,1H3,(H,22,23). The Bertz CT molecular complexity index is 908. The zero-order chi connectivity index (χ0) is 17.9. The summed E-state index contributed by atoms with van der Waals surface area (Å²) in [4.78, 5) is 15.9. The minimum absolute atomic E-state index is 0.324.